The Morgan fingerprint density at radius 1 is 1.67 bits per heavy atom. The van der Waals surface area contributed by atoms with Gasteiger partial charge in [0.1, 0.15) is 0 Å². The van der Waals surface area contributed by atoms with Gasteiger partial charge in [0.25, 0.3) is 0 Å². The third kappa shape index (κ3) is 4.35. The Morgan fingerprint density at radius 3 is 3.07 bits per heavy atom. The number of piperidine rings is 1. The van der Waals surface area contributed by atoms with Crippen molar-refractivity contribution in [3.63, 3.8) is 0 Å². The minimum Gasteiger partial charge on any atom is -0.335 e. The molecule has 1 saturated heterocycles. The van der Waals surface area contributed by atoms with Crippen molar-refractivity contribution in [1.29, 1.82) is 0 Å². The highest BCUT2D eigenvalue weighted by Crippen LogP contribution is 2.16. The molecule has 1 heterocycles. The van der Waals surface area contributed by atoms with E-state index < -0.39 is 0 Å². The molecule has 1 amide bonds. The normalized spacial score (nSPS) is 20.7. The topological polar surface area (TPSA) is 32.3 Å². The molecule has 0 bridgehead atoms. The second-order valence-electron chi connectivity index (χ2n) is 4.20. The lowest BCUT2D eigenvalue weighted by molar-refractivity contribution is -0.129. The van der Waals surface area contributed by atoms with E-state index >= 15 is 0 Å². The number of rotatable bonds is 4. The summed E-state index contributed by atoms with van der Waals surface area (Å²) in [5, 5.41) is 3.36. The fourth-order valence-electron chi connectivity index (χ4n) is 1.91. The van der Waals surface area contributed by atoms with Gasteiger partial charge in [0.05, 0.1) is 6.54 Å². The Balaban J connectivity index is 2.18. The van der Waals surface area contributed by atoms with Crippen LogP contribution >= 0.6 is 0 Å². The lowest BCUT2D eigenvalue weighted by Crippen LogP contribution is -2.32. The first-order valence-electron chi connectivity index (χ1n) is 5.62. The zero-order chi connectivity index (χ0) is 11.1. The van der Waals surface area contributed by atoms with Crippen molar-refractivity contribution in [2.24, 2.45) is 5.92 Å². The van der Waals surface area contributed by atoms with Crippen LogP contribution in [0.15, 0.2) is 0 Å². The maximum Gasteiger partial charge on any atom is 0.223 e. The summed E-state index contributed by atoms with van der Waals surface area (Å²) >= 11 is 0. The molecule has 84 valence electrons. The molecule has 0 radical (unpaired) electrons. The fraction of sp³-hybridized carbons (Fsp3) is 0.750. The third-order valence-corrected chi connectivity index (χ3v) is 2.92. The van der Waals surface area contributed by atoms with Crippen molar-refractivity contribution in [2.75, 3.05) is 26.7 Å². The van der Waals surface area contributed by atoms with Crippen LogP contribution in [0.2, 0.25) is 0 Å². The average molecular weight is 208 g/mol. The molecule has 0 saturated carbocycles. The zero-order valence-electron chi connectivity index (χ0n) is 9.46. The number of terminal acetylenes is 1. The average Bonchev–Trinajstić information content (AvgIpc) is 2.27. The van der Waals surface area contributed by atoms with Gasteiger partial charge < -0.3 is 10.2 Å². The van der Waals surface area contributed by atoms with Crippen LogP contribution in [0, 0.1) is 18.3 Å². The Bertz CT molecular complexity index is 238. The van der Waals surface area contributed by atoms with Crippen LogP contribution in [0.3, 0.4) is 0 Å². The number of nitrogens with zero attached hydrogens (tertiary/aromatic N) is 1. The molecule has 0 aromatic heterocycles. The van der Waals surface area contributed by atoms with Crippen LogP contribution in [-0.4, -0.2) is 37.5 Å². The first-order valence-corrected chi connectivity index (χ1v) is 5.62. The highest BCUT2D eigenvalue weighted by molar-refractivity contribution is 5.76. The number of carbonyl (C=O) groups is 1. The standard InChI is InChI=1S/C12H20N2O/c1-3-9-14(2)12(15)7-6-11-5-4-8-13-10-11/h1,11,13H,4-10H2,2H3. The molecule has 0 aromatic rings. The molecule has 1 rings (SSSR count). The van der Waals surface area contributed by atoms with Crippen molar-refractivity contribution in [3.05, 3.63) is 0 Å². The van der Waals surface area contributed by atoms with Gasteiger partial charge in [-0.1, -0.05) is 5.92 Å². The van der Waals surface area contributed by atoms with Gasteiger partial charge in [-0.15, -0.1) is 6.42 Å². The van der Waals surface area contributed by atoms with Crippen LogP contribution in [0.4, 0.5) is 0 Å². The van der Waals surface area contributed by atoms with E-state index in [1.807, 2.05) is 0 Å². The van der Waals surface area contributed by atoms with Crippen LogP contribution in [0.25, 0.3) is 0 Å². The molecular formula is C12H20N2O. The summed E-state index contributed by atoms with van der Waals surface area (Å²) in [6, 6.07) is 0. The fourth-order valence-corrected chi connectivity index (χ4v) is 1.91. The number of amides is 1. The van der Waals surface area contributed by atoms with Crippen molar-refractivity contribution >= 4 is 5.91 Å². The lowest BCUT2D eigenvalue weighted by atomic mass is 9.94. The number of nitrogens with one attached hydrogen (secondary N) is 1. The van der Waals surface area contributed by atoms with E-state index in [4.69, 9.17) is 6.42 Å². The van der Waals surface area contributed by atoms with Gasteiger partial charge in [-0.25, -0.2) is 0 Å². The third-order valence-electron chi connectivity index (χ3n) is 2.92. The Kier molecular flexibility index (Phi) is 5.20. The van der Waals surface area contributed by atoms with Gasteiger partial charge in [-0.3, -0.25) is 4.79 Å². The van der Waals surface area contributed by atoms with E-state index in [9.17, 15) is 4.79 Å². The van der Waals surface area contributed by atoms with Gasteiger partial charge >= 0.3 is 0 Å². The number of carbonyl (C=O) groups excluding carboxylic acids is 1. The Labute approximate surface area is 92.2 Å². The summed E-state index contributed by atoms with van der Waals surface area (Å²) in [5.74, 6) is 3.31. The summed E-state index contributed by atoms with van der Waals surface area (Å²) in [5.41, 5.74) is 0. The summed E-state index contributed by atoms with van der Waals surface area (Å²) in [6.45, 7) is 2.61. The first-order chi connectivity index (χ1) is 7.24. The van der Waals surface area contributed by atoms with Crippen molar-refractivity contribution in [1.82, 2.24) is 10.2 Å². The van der Waals surface area contributed by atoms with E-state index in [-0.39, 0.29) is 5.91 Å². The SMILES string of the molecule is C#CCN(C)C(=O)CCC1CCCNC1. The van der Waals surface area contributed by atoms with Crippen LogP contribution in [0.5, 0.6) is 0 Å². The van der Waals surface area contributed by atoms with E-state index in [1.54, 1.807) is 11.9 Å². The molecule has 0 aliphatic carbocycles. The molecule has 3 nitrogen and oxygen atoms in total. The van der Waals surface area contributed by atoms with Crippen molar-refractivity contribution in [3.8, 4) is 12.3 Å². The molecule has 15 heavy (non-hydrogen) atoms. The maximum absolute atomic E-state index is 11.6. The highest BCUT2D eigenvalue weighted by atomic mass is 16.2. The van der Waals surface area contributed by atoms with Gasteiger partial charge in [0.15, 0.2) is 0 Å². The van der Waals surface area contributed by atoms with E-state index in [2.05, 4.69) is 11.2 Å². The molecule has 1 N–H and O–H groups in total. The van der Waals surface area contributed by atoms with Crippen LogP contribution in [-0.2, 0) is 4.79 Å². The largest absolute Gasteiger partial charge is 0.335 e. The minimum atomic E-state index is 0.165. The van der Waals surface area contributed by atoms with E-state index in [0.717, 1.165) is 19.5 Å². The summed E-state index contributed by atoms with van der Waals surface area (Å²) in [4.78, 5) is 13.2. The van der Waals surface area contributed by atoms with Crippen molar-refractivity contribution in [2.45, 2.75) is 25.7 Å². The molecule has 1 unspecified atom stereocenters. The molecule has 1 aliphatic rings. The first kappa shape index (κ1) is 12.1. The minimum absolute atomic E-state index is 0.165. The van der Waals surface area contributed by atoms with Gasteiger partial charge in [0.2, 0.25) is 5.91 Å². The summed E-state index contributed by atoms with van der Waals surface area (Å²) < 4.78 is 0. The lowest BCUT2D eigenvalue weighted by Gasteiger charge is -2.23. The predicted octanol–water partition coefficient (Wildman–Crippen LogP) is 0.858. The van der Waals surface area contributed by atoms with E-state index in [1.165, 1.54) is 12.8 Å². The predicted molar refractivity (Wildman–Crippen MR) is 61.3 cm³/mol. The number of hydrogen-bond donors (Lipinski definition) is 1. The molecule has 0 spiro atoms. The highest BCUT2D eigenvalue weighted by Gasteiger charge is 2.15. The monoisotopic (exact) mass is 208 g/mol. The molecule has 1 aliphatic heterocycles. The van der Waals surface area contributed by atoms with Gasteiger partial charge in [-0.05, 0) is 38.3 Å². The number of hydrogen-bond acceptors (Lipinski definition) is 2. The van der Waals surface area contributed by atoms with Gasteiger partial charge in [-0.2, -0.15) is 0 Å². The summed E-state index contributed by atoms with van der Waals surface area (Å²) in [6.07, 6.45) is 9.25. The van der Waals surface area contributed by atoms with Crippen LogP contribution < -0.4 is 5.32 Å². The molecule has 0 aromatic carbocycles. The maximum atomic E-state index is 11.6. The van der Waals surface area contributed by atoms with Crippen LogP contribution in [0.1, 0.15) is 25.7 Å². The molecular weight excluding hydrogens is 188 g/mol. The smallest absolute Gasteiger partial charge is 0.223 e. The molecule has 1 atom stereocenters. The van der Waals surface area contributed by atoms with Crippen molar-refractivity contribution < 1.29 is 4.79 Å². The second kappa shape index (κ2) is 6.47. The summed E-state index contributed by atoms with van der Waals surface area (Å²) in [7, 11) is 1.77. The molecule has 3 heteroatoms. The Morgan fingerprint density at radius 2 is 2.47 bits per heavy atom. The zero-order valence-corrected chi connectivity index (χ0v) is 9.46. The molecule has 1 fully saturated rings. The quantitative estimate of drug-likeness (QED) is 0.695. The van der Waals surface area contributed by atoms with E-state index in [0.29, 0.717) is 18.9 Å². The van der Waals surface area contributed by atoms with Gasteiger partial charge in [0, 0.05) is 13.5 Å². The Hall–Kier alpha value is -1.01. The second-order valence-corrected chi connectivity index (χ2v) is 4.20.